The van der Waals surface area contributed by atoms with Crippen LogP contribution >= 0.6 is 24.0 Å². The van der Waals surface area contributed by atoms with Crippen molar-refractivity contribution in [2.75, 3.05) is 44.8 Å². The number of halogens is 1. The summed E-state index contributed by atoms with van der Waals surface area (Å²) in [5, 5.41) is 6.91. The summed E-state index contributed by atoms with van der Waals surface area (Å²) in [6, 6.07) is 8.58. The first kappa shape index (κ1) is 23.8. The Morgan fingerprint density at radius 3 is 2.81 bits per heavy atom. The molecule has 1 aromatic carbocycles. The SMILES string of the molecule is CCNC(=NCCCOC(C)C)NC1CCN(c2ccccc2OC)C1.I. The highest BCUT2D eigenvalue weighted by atomic mass is 127. The molecule has 7 heteroatoms. The normalized spacial score (nSPS) is 17.0. The van der Waals surface area contributed by atoms with Crippen molar-refractivity contribution in [2.45, 2.75) is 45.8 Å². The van der Waals surface area contributed by atoms with Gasteiger partial charge in [-0.2, -0.15) is 0 Å². The van der Waals surface area contributed by atoms with Crippen LogP contribution in [-0.2, 0) is 4.74 Å². The Morgan fingerprint density at radius 1 is 1.33 bits per heavy atom. The Labute approximate surface area is 181 Å². The molecule has 0 radical (unpaired) electrons. The Morgan fingerprint density at radius 2 is 2.11 bits per heavy atom. The van der Waals surface area contributed by atoms with Crippen molar-refractivity contribution < 1.29 is 9.47 Å². The van der Waals surface area contributed by atoms with E-state index in [1.807, 2.05) is 12.1 Å². The van der Waals surface area contributed by atoms with Gasteiger partial charge in [0.15, 0.2) is 5.96 Å². The van der Waals surface area contributed by atoms with E-state index in [1.54, 1.807) is 7.11 Å². The molecular formula is C20H35IN4O2. The minimum absolute atomic E-state index is 0. The zero-order valence-corrected chi connectivity index (χ0v) is 19.4. The molecule has 27 heavy (non-hydrogen) atoms. The monoisotopic (exact) mass is 490 g/mol. The highest BCUT2D eigenvalue weighted by Crippen LogP contribution is 2.30. The number of hydrogen-bond acceptors (Lipinski definition) is 4. The summed E-state index contributed by atoms with van der Waals surface area (Å²) < 4.78 is 11.1. The number of aliphatic imine (C=N–C) groups is 1. The molecule has 1 atom stereocenters. The molecule has 1 aliphatic heterocycles. The lowest BCUT2D eigenvalue weighted by Crippen LogP contribution is -2.44. The first-order valence-electron chi connectivity index (χ1n) is 9.68. The molecule has 1 fully saturated rings. The maximum atomic E-state index is 5.57. The topological polar surface area (TPSA) is 58.1 Å². The van der Waals surface area contributed by atoms with Gasteiger partial charge in [0.1, 0.15) is 5.75 Å². The van der Waals surface area contributed by atoms with Crippen LogP contribution in [0.25, 0.3) is 0 Å². The molecule has 2 rings (SSSR count). The second-order valence-electron chi connectivity index (χ2n) is 6.78. The first-order chi connectivity index (χ1) is 12.6. The molecule has 0 aliphatic carbocycles. The number of nitrogens with zero attached hydrogens (tertiary/aromatic N) is 2. The minimum Gasteiger partial charge on any atom is -0.495 e. The van der Waals surface area contributed by atoms with Crippen molar-refractivity contribution in [1.82, 2.24) is 10.6 Å². The van der Waals surface area contributed by atoms with Crippen molar-refractivity contribution in [3.05, 3.63) is 24.3 Å². The number of para-hydroxylation sites is 2. The lowest BCUT2D eigenvalue weighted by molar-refractivity contribution is 0.0782. The molecule has 0 saturated carbocycles. The van der Waals surface area contributed by atoms with Gasteiger partial charge in [-0.15, -0.1) is 24.0 Å². The van der Waals surface area contributed by atoms with Crippen LogP contribution in [0.5, 0.6) is 5.75 Å². The molecule has 0 aromatic heterocycles. The Hall–Kier alpha value is -1.22. The molecule has 1 saturated heterocycles. The Kier molecular flexibility index (Phi) is 11.5. The highest BCUT2D eigenvalue weighted by molar-refractivity contribution is 14.0. The lowest BCUT2D eigenvalue weighted by atomic mass is 10.2. The van der Waals surface area contributed by atoms with E-state index in [0.717, 1.165) is 63.0 Å². The molecule has 0 amide bonds. The average Bonchev–Trinajstić information content (AvgIpc) is 3.09. The predicted molar refractivity (Wildman–Crippen MR) is 124 cm³/mol. The van der Waals surface area contributed by atoms with Gasteiger partial charge in [-0.25, -0.2) is 0 Å². The summed E-state index contributed by atoms with van der Waals surface area (Å²) >= 11 is 0. The molecule has 2 N–H and O–H groups in total. The van der Waals surface area contributed by atoms with Gasteiger partial charge in [-0.3, -0.25) is 4.99 Å². The van der Waals surface area contributed by atoms with Crippen LogP contribution < -0.4 is 20.3 Å². The van der Waals surface area contributed by atoms with Crippen molar-refractivity contribution in [1.29, 1.82) is 0 Å². The molecule has 0 spiro atoms. The maximum absolute atomic E-state index is 5.57. The van der Waals surface area contributed by atoms with Gasteiger partial charge in [-0.05, 0) is 45.7 Å². The third kappa shape index (κ3) is 8.13. The quantitative estimate of drug-likeness (QED) is 0.241. The number of guanidine groups is 1. The van der Waals surface area contributed by atoms with Crippen molar-refractivity contribution in [3.63, 3.8) is 0 Å². The number of hydrogen-bond donors (Lipinski definition) is 2. The van der Waals surface area contributed by atoms with Gasteiger partial charge in [0, 0.05) is 38.8 Å². The van der Waals surface area contributed by atoms with Crippen LogP contribution in [0.2, 0.25) is 0 Å². The number of anilines is 1. The standard InChI is InChI=1S/C20H34N4O2.HI/c1-5-21-20(22-12-8-14-26-16(2)3)23-17-11-13-24(15-17)18-9-6-7-10-19(18)25-4;/h6-7,9-10,16-17H,5,8,11-15H2,1-4H3,(H2,21,22,23);1H. The summed E-state index contributed by atoms with van der Waals surface area (Å²) in [6.07, 6.45) is 2.30. The zero-order chi connectivity index (χ0) is 18.8. The predicted octanol–water partition coefficient (Wildman–Crippen LogP) is 3.26. The molecule has 1 unspecified atom stereocenters. The van der Waals surface area contributed by atoms with Crippen molar-refractivity contribution in [2.24, 2.45) is 4.99 Å². The van der Waals surface area contributed by atoms with Crippen LogP contribution in [-0.4, -0.2) is 58.0 Å². The number of rotatable bonds is 9. The van der Waals surface area contributed by atoms with E-state index in [9.17, 15) is 0 Å². The van der Waals surface area contributed by atoms with E-state index in [-0.39, 0.29) is 30.1 Å². The third-order valence-corrected chi connectivity index (χ3v) is 4.32. The summed E-state index contributed by atoms with van der Waals surface area (Å²) in [5.74, 6) is 1.82. The Balaban J connectivity index is 0.00000364. The molecule has 0 bridgehead atoms. The van der Waals surface area contributed by atoms with Crippen LogP contribution in [0, 0.1) is 0 Å². The fourth-order valence-corrected chi connectivity index (χ4v) is 3.08. The fourth-order valence-electron chi connectivity index (χ4n) is 3.08. The zero-order valence-electron chi connectivity index (χ0n) is 17.0. The first-order valence-corrected chi connectivity index (χ1v) is 9.68. The largest absolute Gasteiger partial charge is 0.495 e. The molecule has 6 nitrogen and oxygen atoms in total. The summed E-state index contributed by atoms with van der Waals surface area (Å²) in [4.78, 5) is 7.05. The van der Waals surface area contributed by atoms with Crippen LogP contribution in [0.3, 0.4) is 0 Å². The summed E-state index contributed by atoms with van der Waals surface area (Å²) in [6.45, 7) is 10.6. The summed E-state index contributed by atoms with van der Waals surface area (Å²) in [5.41, 5.74) is 1.16. The van der Waals surface area contributed by atoms with Gasteiger partial charge in [0.2, 0.25) is 0 Å². The minimum atomic E-state index is 0. The fraction of sp³-hybridized carbons (Fsp3) is 0.650. The van der Waals surface area contributed by atoms with Gasteiger partial charge in [-0.1, -0.05) is 12.1 Å². The molecule has 1 heterocycles. The number of nitrogens with one attached hydrogen (secondary N) is 2. The van der Waals surface area contributed by atoms with Crippen molar-refractivity contribution in [3.8, 4) is 5.75 Å². The second-order valence-corrected chi connectivity index (χ2v) is 6.78. The van der Waals surface area contributed by atoms with E-state index < -0.39 is 0 Å². The third-order valence-electron chi connectivity index (χ3n) is 4.32. The van der Waals surface area contributed by atoms with Crippen LogP contribution in [0.1, 0.15) is 33.6 Å². The van der Waals surface area contributed by atoms with E-state index in [2.05, 4.69) is 53.4 Å². The van der Waals surface area contributed by atoms with Gasteiger partial charge in [0.25, 0.3) is 0 Å². The molecule has 1 aliphatic rings. The Bertz CT molecular complexity index is 569. The van der Waals surface area contributed by atoms with Crippen LogP contribution in [0.15, 0.2) is 29.3 Å². The highest BCUT2D eigenvalue weighted by Gasteiger charge is 2.25. The van der Waals surface area contributed by atoms with E-state index in [4.69, 9.17) is 9.47 Å². The second kappa shape index (κ2) is 13.0. The van der Waals surface area contributed by atoms with Crippen LogP contribution in [0.4, 0.5) is 5.69 Å². The lowest BCUT2D eigenvalue weighted by Gasteiger charge is -2.22. The van der Waals surface area contributed by atoms with E-state index in [1.165, 1.54) is 0 Å². The maximum Gasteiger partial charge on any atom is 0.191 e. The van der Waals surface area contributed by atoms with Gasteiger partial charge < -0.3 is 25.0 Å². The average molecular weight is 490 g/mol. The van der Waals surface area contributed by atoms with Gasteiger partial charge >= 0.3 is 0 Å². The number of benzene rings is 1. The smallest absolute Gasteiger partial charge is 0.191 e. The number of ether oxygens (including phenoxy) is 2. The van der Waals surface area contributed by atoms with Crippen molar-refractivity contribution >= 4 is 35.6 Å². The molecular weight excluding hydrogens is 455 g/mol. The van der Waals surface area contributed by atoms with Gasteiger partial charge in [0.05, 0.1) is 18.9 Å². The van der Waals surface area contributed by atoms with E-state index >= 15 is 0 Å². The van der Waals surface area contributed by atoms with E-state index in [0.29, 0.717) is 6.04 Å². The summed E-state index contributed by atoms with van der Waals surface area (Å²) in [7, 11) is 1.73. The molecule has 1 aromatic rings. The molecule has 154 valence electrons. The number of methoxy groups -OCH3 is 1.